The number of nitrogens with one attached hydrogen (secondary N) is 1. The molecule has 0 aliphatic heterocycles. The Morgan fingerprint density at radius 1 is 0.952 bits per heavy atom. The highest BCUT2D eigenvalue weighted by Gasteiger charge is 2.21. The molecule has 1 rings (SSSR count). The Bertz CT molecular complexity index is 416. The van der Waals surface area contributed by atoms with Crippen molar-refractivity contribution in [1.29, 1.82) is 0 Å². The molecule has 0 radical (unpaired) electrons. The molecule has 0 aromatic heterocycles. The van der Waals surface area contributed by atoms with E-state index < -0.39 is 0 Å². The van der Waals surface area contributed by atoms with E-state index in [4.69, 9.17) is 9.47 Å². The van der Waals surface area contributed by atoms with Gasteiger partial charge in [0.25, 0.3) is 0 Å². The SMILES string of the molecule is CCCNCCC(C)(C)c1ccc(OCC)c(OCC)c1. The van der Waals surface area contributed by atoms with Crippen LogP contribution in [0.2, 0.25) is 0 Å². The third-order valence-electron chi connectivity index (χ3n) is 3.68. The summed E-state index contributed by atoms with van der Waals surface area (Å²) in [6.07, 6.45) is 2.28. The van der Waals surface area contributed by atoms with Crippen molar-refractivity contribution in [2.75, 3.05) is 26.3 Å². The summed E-state index contributed by atoms with van der Waals surface area (Å²) >= 11 is 0. The lowest BCUT2D eigenvalue weighted by Gasteiger charge is -2.26. The number of hydrogen-bond acceptors (Lipinski definition) is 3. The molecule has 1 N–H and O–H groups in total. The number of rotatable bonds is 10. The van der Waals surface area contributed by atoms with Crippen molar-refractivity contribution < 1.29 is 9.47 Å². The summed E-state index contributed by atoms with van der Waals surface area (Å²) in [6, 6.07) is 6.33. The average molecular weight is 293 g/mol. The molecule has 0 bridgehead atoms. The summed E-state index contributed by atoms with van der Waals surface area (Å²) < 4.78 is 11.4. The van der Waals surface area contributed by atoms with Gasteiger partial charge in [-0.2, -0.15) is 0 Å². The van der Waals surface area contributed by atoms with Crippen LogP contribution in [-0.4, -0.2) is 26.3 Å². The molecule has 1 aromatic rings. The first kappa shape index (κ1) is 17.8. The van der Waals surface area contributed by atoms with Gasteiger partial charge >= 0.3 is 0 Å². The van der Waals surface area contributed by atoms with E-state index in [1.165, 1.54) is 12.0 Å². The average Bonchev–Trinajstić information content (AvgIpc) is 2.46. The first-order valence-corrected chi connectivity index (χ1v) is 8.16. The molecule has 0 aliphatic rings. The van der Waals surface area contributed by atoms with Crippen LogP contribution < -0.4 is 14.8 Å². The van der Waals surface area contributed by atoms with Crippen molar-refractivity contribution in [3.63, 3.8) is 0 Å². The van der Waals surface area contributed by atoms with Crippen LogP contribution in [0.5, 0.6) is 11.5 Å². The second-order valence-corrected chi connectivity index (χ2v) is 5.91. The van der Waals surface area contributed by atoms with E-state index in [1.54, 1.807) is 0 Å². The topological polar surface area (TPSA) is 30.5 Å². The molecule has 0 spiro atoms. The zero-order chi connectivity index (χ0) is 15.7. The molecule has 1 aromatic carbocycles. The monoisotopic (exact) mass is 293 g/mol. The molecule has 0 atom stereocenters. The van der Waals surface area contributed by atoms with E-state index in [0.717, 1.165) is 31.0 Å². The molecule has 0 amide bonds. The Kier molecular flexibility index (Phi) is 7.58. The maximum atomic E-state index is 5.73. The van der Waals surface area contributed by atoms with Crippen molar-refractivity contribution >= 4 is 0 Å². The predicted molar refractivity (Wildman–Crippen MR) is 89.6 cm³/mol. The zero-order valence-corrected chi connectivity index (χ0v) is 14.3. The van der Waals surface area contributed by atoms with Crippen LogP contribution in [0.3, 0.4) is 0 Å². The van der Waals surface area contributed by atoms with Crippen molar-refractivity contribution in [1.82, 2.24) is 5.32 Å². The molecule has 0 heterocycles. The Balaban J connectivity index is 2.82. The lowest BCUT2D eigenvalue weighted by molar-refractivity contribution is 0.286. The molecular formula is C18H31NO2. The van der Waals surface area contributed by atoms with Crippen LogP contribution in [0.25, 0.3) is 0 Å². The fraction of sp³-hybridized carbons (Fsp3) is 0.667. The maximum absolute atomic E-state index is 5.73. The Labute approximate surface area is 130 Å². The number of ether oxygens (including phenoxy) is 2. The highest BCUT2D eigenvalue weighted by Crippen LogP contribution is 2.35. The summed E-state index contributed by atoms with van der Waals surface area (Å²) in [5.41, 5.74) is 1.42. The highest BCUT2D eigenvalue weighted by atomic mass is 16.5. The first-order valence-electron chi connectivity index (χ1n) is 8.16. The van der Waals surface area contributed by atoms with Gasteiger partial charge in [0.2, 0.25) is 0 Å². The summed E-state index contributed by atoms with van der Waals surface area (Å²) in [4.78, 5) is 0. The van der Waals surface area contributed by atoms with Gasteiger partial charge in [-0.1, -0.05) is 26.8 Å². The summed E-state index contributed by atoms with van der Waals surface area (Å²) in [6.45, 7) is 14.2. The minimum atomic E-state index is 0.122. The van der Waals surface area contributed by atoms with Gasteiger partial charge in [0.1, 0.15) is 0 Å². The fourth-order valence-electron chi connectivity index (χ4n) is 2.32. The third kappa shape index (κ3) is 5.58. The zero-order valence-electron chi connectivity index (χ0n) is 14.3. The third-order valence-corrected chi connectivity index (χ3v) is 3.68. The second kappa shape index (κ2) is 8.93. The van der Waals surface area contributed by atoms with Gasteiger partial charge in [0, 0.05) is 0 Å². The predicted octanol–water partition coefficient (Wildman–Crippen LogP) is 4.15. The van der Waals surface area contributed by atoms with Gasteiger partial charge < -0.3 is 14.8 Å². The van der Waals surface area contributed by atoms with Crippen molar-refractivity contribution in [3.8, 4) is 11.5 Å². The highest BCUT2D eigenvalue weighted by molar-refractivity contribution is 5.45. The largest absolute Gasteiger partial charge is 0.490 e. The molecule has 0 fully saturated rings. The summed E-state index contributed by atoms with van der Waals surface area (Å²) in [5, 5.41) is 3.48. The molecule has 21 heavy (non-hydrogen) atoms. The van der Waals surface area contributed by atoms with Gasteiger partial charge in [-0.25, -0.2) is 0 Å². The van der Waals surface area contributed by atoms with Crippen LogP contribution >= 0.6 is 0 Å². The molecule has 0 saturated heterocycles. The van der Waals surface area contributed by atoms with Crippen LogP contribution in [0.4, 0.5) is 0 Å². The van der Waals surface area contributed by atoms with Crippen molar-refractivity contribution in [2.45, 2.75) is 52.9 Å². The summed E-state index contributed by atoms with van der Waals surface area (Å²) in [5.74, 6) is 1.69. The van der Waals surface area contributed by atoms with Gasteiger partial charge in [0.05, 0.1) is 13.2 Å². The standard InChI is InChI=1S/C18H31NO2/c1-6-12-19-13-11-18(4,5)15-9-10-16(20-7-2)17(14-15)21-8-3/h9-10,14,19H,6-8,11-13H2,1-5H3. The minimum Gasteiger partial charge on any atom is -0.490 e. The number of hydrogen-bond donors (Lipinski definition) is 1. The Morgan fingerprint density at radius 2 is 1.62 bits per heavy atom. The molecule has 3 nitrogen and oxygen atoms in total. The second-order valence-electron chi connectivity index (χ2n) is 5.91. The Morgan fingerprint density at radius 3 is 2.24 bits per heavy atom. The molecular weight excluding hydrogens is 262 g/mol. The van der Waals surface area contributed by atoms with Crippen molar-refractivity contribution in [3.05, 3.63) is 23.8 Å². The quantitative estimate of drug-likeness (QED) is 0.657. The van der Waals surface area contributed by atoms with E-state index in [2.05, 4.69) is 38.2 Å². The van der Waals surface area contributed by atoms with E-state index in [-0.39, 0.29) is 5.41 Å². The van der Waals surface area contributed by atoms with Crippen molar-refractivity contribution in [2.24, 2.45) is 0 Å². The summed E-state index contributed by atoms with van der Waals surface area (Å²) in [7, 11) is 0. The van der Waals surface area contributed by atoms with Crippen LogP contribution in [-0.2, 0) is 5.41 Å². The van der Waals surface area contributed by atoms with Gasteiger partial charge in [-0.05, 0) is 62.9 Å². The van der Waals surface area contributed by atoms with Crippen LogP contribution in [0.1, 0.15) is 53.0 Å². The lowest BCUT2D eigenvalue weighted by atomic mass is 9.81. The van der Waals surface area contributed by atoms with Crippen LogP contribution in [0, 0.1) is 0 Å². The van der Waals surface area contributed by atoms with E-state index in [1.807, 2.05) is 19.9 Å². The smallest absolute Gasteiger partial charge is 0.161 e. The van der Waals surface area contributed by atoms with E-state index in [0.29, 0.717) is 13.2 Å². The first-order chi connectivity index (χ1) is 10.0. The van der Waals surface area contributed by atoms with E-state index >= 15 is 0 Å². The molecule has 0 aliphatic carbocycles. The Hall–Kier alpha value is -1.22. The van der Waals surface area contributed by atoms with Crippen LogP contribution in [0.15, 0.2) is 18.2 Å². The van der Waals surface area contributed by atoms with Gasteiger partial charge in [-0.3, -0.25) is 0 Å². The number of benzene rings is 1. The normalized spacial score (nSPS) is 11.5. The maximum Gasteiger partial charge on any atom is 0.161 e. The molecule has 3 heteroatoms. The van der Waals surface area contributed by atoms with Gasteiger partial charge in [0.15, 0.2) is 11.5 Å². The molecule has 0 saturated carbocycles. The van der Waals surface area contributed by atoms with E-state index in [9.17, 15) is 0 Å². The minimum absolute atomic E-state index is 0.122. The fourth-order valence-corrected chi connectivity index (χ4v) is 2.32. The van der Waals surface area contributed by atoms with Gasteiger partial charge in [-0.15, -0.1) is 0 Å². The molecule has 0 unspecified atom stereocenters. The molecule has 120 valence electrons. The lowest BCUT2D eigenvalue weighted by Crippen LogP contribution is -2.26.